The molecule has 0 aliphatic carbocycles. The molecule has 1 aromatic rings. The van der Waals surface area contributed by atoms with Gasteiger partial charge in [-0.1, -0.05) is 13.8 Å². The number of hydrogen-bond acceptors (Lipinski definition) is 3. The van der Waals surface area contributed by atoms with E-state index in [2.05, 4.69) is 24.0 Å². The zero-order chi connectivity index (χ0) is 12.3. The molecule has 1 amide bonds. The number of carbonyl (C=O) groups excluding carboxylic acids is 1. The van der Waals surface area contributed by atoms with Crippen LogP contribution in [0.2, 0.25) is 0 Å². The van der Waals surface area contributed by atoms with Gasteiger partial charge < -0.3 is 9.47 Å². The Morgan fingerprint density at radius 2 is 2.19 bits per heavy atom. The van der Waals surface area contributed by atoms with Crippen molar-refractivity contribution in [2.75, 3.05) is 14.1 Å². The van der Waals surface area contributed by atoms with Gasteiger partial charge in [0.25, 0.3) is 0 Å². The maximum Gasteiger partial charge on any atom is 0.223 e. The van der Waals surface area contributed by atoms with E-state index >= 15 is 0 Å². The number of carbonyl (C=O) groups is 1. The minimum absolute atomic E-state index is 0.0952. The first-order chi connectivity index (χ1) is 7.43. The van der Waals surface area contributed by atoms with Crippen LogP contribution in [0, 0.1) is 4.77 Å². The van der Waals surface area contributed by atoms with E-state index in [1.54, 1.807) is 19.0 Å². The monoisotopic (exact) mass is 242 g/mol. The Balaban J connectivity index is 2.77. The number of rotatable bonds is 4. The quantitative estimate of drug-likeness (QED) is 0.815. The Morgan fingerprint density at radius 3 is 2.69 bits per heavy atom. The van der Waals surface area contributed by atoms with Crippen molar-refractivity contribution in [3.63, 3.8) is 0 Å². The van der Waals surface area contributed by atoms with Gasteiger partial charge >= 0.3 is 0 Å². The van der Waals surface area contributed by atoms with Crippen LogP contribution in [0.5, 0.6) is 0 Å². The van der Waals surface area contributed by atoms with Crippen molar-refractivity contribution in [3.05, 3.63) is 10.6 Å². The summed E-state index contributed by atoms with van der Waals surface area (Å²) >= 11 is 5.13. The molecule has 0 saturated heterocycles. The first-order valence-corrected chi connectivity index (χ1v) is 5.69. The molecular weight excluding hydrogens is 224 g/mol. The summed E-state index contributed by atoms with van der Waals surface area (Å²) in [5.41, 5.74) is 0. The second-order valence-electron chi connectivity index (χ2n) is 4.23. The lowest BCUT2D eigenvalue weighted by atomic mass is 10.2. The van der Waals surface area contributed by atoms with Gasteiger partial charge in [-0.2, -0.15) is 5.10 Å². The third-order valence-electron chi connectivity index (χ3n) is 2.35. The second-order valence-corrected chi connectivity index (χ2v) is 4.62. The van der Waals surface area contributed by atoms with Crippen LogP contribution in [-0.2, 0) is 11.3 Å². The fraction of sp³-hybridized carbons (Fsp3) is 0.700. The molecule has 0 aromatic carbocycles. The Kier molecular flexibility index (Phi) is 4.23. The first-order valence-electron chi connectivity index (χ1n) is 5.28. The van der Waals surface area contributed by atoms with Gasteiger partial charge in [0, 0.05) is 33.0 Å². The third-order valence-corrected chi connectivity index (χ3v) is 2.66. The zero-order valence-electron chi connectivity index (χ0n) is 10.1. The predicted molar refractivity (Wildman–Crippen MR) is 64.8 cm³/mol. The molecule has 0 aliphatic heterocycles. The highest BCUT2D eigenvalue weighted by Gasteiger charge is 2.11. The molecule has 0 fully saturated rings. The van der Waals surface area contributed by atoms with Crippen LogP contribution in [0.4, 0.5) is 0 Å². The molecule has 0 atom stereocenters. The molecule has 16 heavy (non-hydrogen) atoms. The average molecular weight is 242 g/mol. The van der Waals surface area contributed by atoms with Crippen LogP contribution in [0.15, 0.2) is 0 Å². The SMILES string of the molecule is CC(C)c1n[nH]c(=S)n1CCC(=O)N(C)C. The molecular formula is C10H18N4OS. The van der Waals surface area contributed by atoms with Gasteiger partial charge in [-0.15, -0.1) is 0 Å². The van der Waals surface area contributed by atoms with E-state index in [1.807, 2.05) is 4.57 Å². The van der Waals surface area contributed by atoms with Crippen LogP contribution < -0.4 is 0 Å². The summed E-state index contributed by atoms with van der Waals surface area (Å²) < 4.78 is 2.47. The number of H-pyrrole nitrogens is 1. The van der Waals surface area contributed by atoms with E-state index in [1.165, 1.54) is 0 Å². The molecule has 1 heterocycles. The fourth-order valence-electron chi connectivity index (χ4n) is 1.42. The maximum absolute atomic E-state index is 11.5. The van der Waals surface area contributed by atoms with Crippen LogP contribution >= 0.6 is 12.2 Å². The van der Waals surface area contributed by atoms with Crippen LogP contribution in [-0.4, -0.2) is 39.7 Å². The van der Waals surface area contributed by atoms with E-state index in [4.69, 9.17) is 12.2 Å². The third kappa shape index (κ3) is 2.91. The van der Waals surface area contributed by atoms with Gasteiger partial charge in [-0.25, -0.2) is 0 Å². The molecule has 1 rings (SSSR count). The predicted octanol–water partition coefficient (Wildman–Crippen LogP) is 1.54. The summed E-state index contributed by atoms with van der Waals surface area (Å²) in [5, 5.41) is 6.92. The summed E-state index contributed by atoms with van der Waals surface area (Å²) in [6, 6.07) is 0. The van der Waals surface area contributed by atoms with Gasteiger partial charge in [0.1, 0.15) is 5.82 Å². The molecule has 1 aromatic heterocycles. The highest BCUT2D eigenvalue weighted by atomic mass is 32.1. The number of aromatic amines is 1. The lowest BCUT2D eigenvalue weighted by molar-refractivity contribution is -0.128. The molecule has 0 unspecified atom stereocenters. The second kappa shape index (κ2) is 5.25. The number of nitrogens with one attached hydrogen (secondary N) is 1. The summed E-state index contributed by atoms with van der Waals surface area (Å²) in [6.45, 7) is 4.68. The Morgan fingerprint density at radius 1 is 1.56 bits per heavy atom. The van der Waals surface area contributed by atoms with E-state index in [0.29, 0.717) is 23.7 Å². The van der Waals surface area contributed by atoms with Crippen molar-refractivity contribution >= 4 is 18.1 Å². The molecule has 90 valence electrons. The normalized spacial score (nSPS) is 10.8. The number of aromatic nitrogens is 3. The van der Waals surface area contributed by atoms with E-state index in [0.717, 1.165) is 5.82 Å². The van der Waals surface area contributed by atoms with E-state index < -0.39 is 0 Å². The number of nitrogens with zero attached hydrogens (tertiary/aromatic N) is 3. The van der Waals surface area contributed by atoms with Crippen LogP contribution in [0.25, 0.3) is 0 Å². The van der Waals surface area contributed by atoms with E-state index in [9.17, 15) is 4.79 Å². The maximum atomic E-state index is 11.5. The van der Waals surface area contributed by atoms with E-state index in [-0.39, 0.29) is 5.91 Å². The molecule has 6 heteroatoms. The highest BCUT2D eigenvalue weighted by molar-refractivity contribution is 7.71. The highest BCUT2D eigenvalue weighted by Crippen LogP contribution is 2.12. The zero-order valence-corrected chi connectivity index (χ0v) is 11.0. The standard InChI is InChI=1S/C10H18N4OS/c1-7(2)9-11-12-10(16)14(9)6-5-8(15)13(3)4/h7H,5-6H2,1-4H3,(H,12,16). The fourth-order valence-corrected chi connectivity index (χ4v) is 1.65. The molecule has 1 N–H and O–H groups in total. The Hall–Kier alpha value is -1.17. The van der Waals surface area contributed by atoms with Gasteiger partial charge in [0.2, 0.25) is 5.91 Å². The van der Waals surface area contributed by atoms with Crippen molar-refractivity contribution in [2.45, 2.75) is 32.7 Å². The topological polar surface area (TPSA) is 53.9 Å². The van der Waals surface area contributed by atoms with Crippen LogP contribution in [0.3, 0.4) is 0 Å². The number of amides is 1. The first kappa shape index (κ1) is 12.9. The van der Waals surface area contributed by atoms with Gasteiger partial charge in [0.05, 0.1) is 0 Å². The summed E-state index contributed by atoms with van der Waals surface area (Å²) in [4.78, 5) is 13.1. The largest absolute Gasteiger partial charge is 0.349 e. The average Bonchev–Trinajstić information content (AvgIpc) is 2.56. The van der Waals surface area contributed by atoms with Crippen molar-refractivity contribution in [1.82, 2.24) is 19.7 Å². The van der Waals surface area contributed by atoms with Crippen molar-refractivity contribution in [1.29, 1.82) is 0 Å². The number of hydrogen-bond donors (Lipinski definition) is 1. The smallest absolute Gasteiger partial charge is 0.223 e. The lowest BCUT2D eigenvalue weighted by Crippen LogP contribution is -2.23. The minimum Gasteiger partial charge on any atom is -0.349 e. The Bertz CT molecular complexity index is 419. The van der Waals surface area contributed by atoms with Crippen LogP contribution in [0.1, 0.15) is 32.0 Å². The van der Waals surface area contributed by atoms with Crippen molar-refractivity contribution in [3.8, 4) is 0 Å². The molecule has 5 nitrogen and oxygen atoms in total. The molecule has 0 radical (unpaired) electrons. The molecule has 0 spiro atoms. The van der Waals surface area contributed by atoms with Gasteiger partial charge in [0.15, 0.2) is 4.77 Å². The van der Waals surface area contributed by atoms with Crippen molar-refractivity contribution in [2.24, 2.45) is 0 Å². The minimum atomic E-state index is 0.0952. The van der Waals surface area contributed by atoms with Crippen molar-refractivity contribution < 1.29 is 4.79 Å². The lowest BCUT2D eigenvalue weighted by Gasteiger charge is -2.12. The summed E-state index contributed by atoms with van der Waals surface area (Å²) in [6.07, 6.45) is 0.445. The summed E-state index contributed by atoms with van der Waals surface area (Å²) in [7, 11) is 3.50. The molecule has 0 bridgehead atoms. The summed E-state index contributed by atoms with van der Waals surface area (Å²) in [5.74, 6) is 1.29. The Labute approximate surface area is 100 Å². The van der Waals surface area contributed by atoms with Gasteiger partial charge in [-0.05, 0) is 12.2 Å². The molecule has 0 saturated carbocycles. The molecule has 0 aliphatic rings. The van der Waals surface area contributed by atoms with Gasteiger partial charge in [-0.3, -0.25) is 9.89 Å².